The smallest absolute Gasteiger partial charge is 0.331 e. The van der Waals surface area contributed by atoms with E-state index in [1.54, 1.807) is 13.0 Å². The third-order valence-electron chi connectivity index (χ3n) is 2.48. The second kappa shape index (κ2) is 10.1. The number of allylic oxidation sites excluding steroid dienone is 9. The van der Waals surface area contributed by atoms with Crippen molar-refractivity contribution < 1.29 is 9.53 Å². The summed E-state index contributed by atoms with van der Waals surface area (Å²) >= 11 is 0. The standard InChI is InChI=1S/C17H24O2/c1-6-9-11-14(4)16(13-17(18)19-8-3)15(5)12-10-7-2/h6-7,9-13H,8H2,1-5H3/b9-6-,10-7-,14-11-,15-12+,16-13?. The summed E-state index contributed by atoms with van der Waals surface area (Å²) in [7, 11) is 0. The molecule has 2 heteroatoms. The summed E-state index contributed by atoms with van der Waals surface area (Å²) < 4.78 is 4.98. The van der Waals surface area contributed by atoms with Crippen LogP contribution in [-0.4, -0.2) is 12.6 Å². The van der Waals surface area contributed by atoms with E-state index in [1.807, 2.05) is 64.2 Å². The number of rotatable bonds is 6. The molecular weight excluding hydrogens is 236 g/mol. The van der Waals surface area contributed by atoms with Gasteiger partial charge in [-0.05, 0) is 51.3 Å². The molecule has 2 nitrogen and oxygen atoms in total. The Morgan fingerprint density at radius 1 is 1.00 bits per heavy atom. The average Bonchev–Trinajstić information content (AvgIpc) is 2.39. The fourth-order valence-corrected chi connectivity index (χ4v) is 1.50. The van der Waals surface area contributed by atoms with E-state index in [0.717, 1.165) is 16.7 Å². The van der Waals surface area contributed by atoms with Gasteiger partial charge in [0, 0.05) is 6.08 Å². The van der Waals surface area contributed by atoms with Gasteiger partial charge in [-0.15, -0.1) is 0 Å². The monoisotopic (exact) mass is 260 g/mol. The van der Waals surface area contributed by atoms with Crippen LogP contribution in [0.15, 0.2) is 59.3 Å². The predicted molar refractivity (Wildman–Crippen MR) is 81.9 cm³/mol. The summed E-state index contributed by atoms with van der Waals surface area (Å²) in [5, 5.41) is 0. The van der Waals surface area contributed by atoms with Crippen molar-refractivity contribution in [1.82, 2.24) is 0 Å². The molecule has 0 saturated carbocycles. The van der Waals surface area contributed by atoms with Crippen LogP contribution in [0.2, 0.25) is 0 Å². The molecule has 0 aliphatic rings. The Kier molecular flexibility index (Phi) is 9.15. The van der Waals surface area contributed by atoms with Gasteiger partial charge in [-0.25, -0.2) is 4.79 Å². The third kappa shape index (κ3) is 7.24. The van der Waals surface area contributed by atoms with Crippen molar-refractivity contribution in [3.05, 3.63) is 59.3 Å². The zero-order valence-corrected chi connectivity index (χ0v) is 12.6. The molecule has 0 aliphatic heterocycles. The second-order valence-electron chi connectivity index (χ2n) is 4.06. The molecule has 104 valence electrons. The summed E-state index contributed by atoms with van der Waals surface area (Å²) in [5.41, 5.74) is 2.96. The zero-order chi connectivity index (χ0) is 14.7. The van der Waals surface area contributed by atoms with Gasteiger partial charge in [0.15, 0.2) is 0 Å². The van der Waals surface area contributed by atoms with Gasteiger partial charge in [0.25, 0.3) is 0 Å². The molecule has 0 heterocycles. The van der Waals surface area contributed by atoms with E-state index in [2.05, 4.69) is 0 Å². The van der Waals surface area contributed by atoms with Crippen LogP contribution >= 0.6 is 0 Å². The highest BCUT2D eigenvalue weighted by Crippen LogP contribution is 2.19. The van der Waals surface area contributed by atoms with Crippen molar-refractivity contribution in [3.8, 4) is 0 Å². The molecule has 0 aromatic carbocycles. The summed E-state index contributed by atoms with van der Waals surface area (Å²) in [6.07, 6.45) is 13.3. The fraction of sp³-hybridized carbons (Fsp3) is 0.353. The van der Waals surface area contributed by atoms with Crippen LogP contribution in [0, 0.1) is 0 Å². The van der Waals surface area contributed by atoms with Crippen LogP contribution < -0.4 is 0 Å². The molecule has 19 heavy (non-hydrogen) atoms. The van der Waals surface area contributed by atoms with Crippen LogP contribution in [-0.2, 0) is 9.53 Å². The lowest BCUT2D eigenvalue weighted by atomic mass is 9.98. The van der Waals surface area contributed by atoms with E-state index < -0.39 is 0 Å². The maximum Gasteiger partial charge on any atom is 0.331 e. The van der Waals surface area contributed by atoms with Gasteiger partial charge < -0.3 is 4.74 Å². The SMILES string of the molecule is C/C=C\C=C(\C)C(=CC(=O)OCC)/C(C)=C/C=C\C. The minimum Gasteiger partial charge on any atom is -0.463 e. The Balaban J connectivity index is 5.43. The van der Waals surface area contributed by atoms with Crippen molar-refractivity contribution in [3.63, 3.8) is 0 Å². The van der Waals surface area contributed by atoms with Crippen LogP contribution in [0.4, 0.5) is 0 Å². The van der Waals surface area contributed by atoms with Crippen molar-refractivity contribution in [1.29, 1.82) is 0 Å². The third-order valence-corrected chi connectivity index (χ3v) is 2.48. The molecule has 0 aliphatic carbocycles. The molecule has 0 spiro atoms. The molecule has 0 bridgehead atoms. The Labute approximate surface area is 116 Å². The molecule has 0 unspecified atom stereocenters. The van der Waals surface area contributed by atoms with Gasteiger partial charge in [0.2, 0.25) is 0 Å². The highest BCUT2D eigenvalue weighted by molar-refractivity contribution is 5.85. The van der Waals surface area contributed by atoms with E-state index in [9.17, 15) is 4.79 Å². The first-order valence-corrected chi connectivity index (χ1v) is 6.55. The minimum atomic E-state index is -0.307. The molecule has 0 saturated heterocycles. The lowest BCUT2D eigenvalue weighted by Crippen LogP contribution is -2.02. The van der Waals surface area contributed by atoms with Crippen LogP contribution in [0.5, 0.6) is 0 Å². The number of hydrogen-bond donors (Lipinski definition) is 0. The lowest BCUT2D eigenvalue weighted by molar-refractivity contribution is -0.137. The number of esters is 1. The van der Waals surface area contributed by atoms with Crippen molar-refractivity contribution in [2.75, 3.05) is 6.61 Å². The minimum absolute atomic E-state index is 0.307. The molecule has 0 amide bonds. The highest BCUT2D eigenvalue weighted by atomic mass is 16.5. The second-order valence-corrected chi connectivity index (χ2v) is 4.06. The summed E-state index contributed by atoms with van der Waals surface area (Å²) in [5.74, 6) is -0.307. The highest BCUT2D eigenvalue weighted by Gasteiger charge is 2.06. The number of carbonyl (C=O) groups excluding carboxylic acids is 1. The molecule has 0 aromatic rings. The van der Waals surface area contributed by atoms with Gasteiger partial charge in [-0.1, -0.05) is 36.5 Å². The Morgan fingerprint density at radius 2 is 1.47 bits per heavy atom. The molecule has 0 rings (SSSR count). The van der Waals surface area contributed by atoms with E-state index in [-0.39, 0.29) is 5.97 Å². The number of ether oxygens (including phenoxy) is 1. The Morgan fingerprint density at radius 3 is 1.84 bits per heavy atom. The van der Waals surface area contributed by atoms with Gasteiger partial charge in [-0.2, -0.15) is 0 Å². The predicted octanol–water partition coefficient (Wildman–Crippen LogP) is 4.52. The molecule has 0 radical (unpaired) electrons. The summed E-state index contributed by atoms with van der Waals surface area (Å²) in [6, 6.07) is 0. The molecule has 0 atom stereocenters. The molecular formula is C17H24O2. The maximum absolute atomic E-state index is 11.6. The van der Waals surface area contributed by atoms with Gasteiger partial charge in [0.05, 0.1) is 6.61 Å². The van der Waals surface area contributed by atoms with Crippen molar-refractivity contribution in [2.24, 2.45) is 0 Å². The van der Waals surface area contributed by atoms with Gasteiger partial charge in [0.1, 0.15) is 0 Å². The van der Waals surface area contributed by atoms with Gasteiger partial charge in [-0.3, -0.25) is 0 Å². The summed E-state index contributed by atoms with van der Waals surface area (Å²) in [6.45, 7) is 10.1. The quantitative estimate of drug-likeness (QED) is 0.399. The first kappa shape index (κ1) is 17.2. The molecule has 0 fully saturated rings. The summed E-state index contributed by atoms with van der Waals surface area (Å²) in [4.78, 5) is 11.6. The average molecular weight is 260 g/mol. The van der Waals surface area contributed by atoms with Crippen LogP contribution in [0.25, 0.3) is 0 Å². The van der Waals surface area contributed by atoms with E-state index in [0.29, 0.717) is 6.61 Å². The maximum atomic E-state index is 11.6. The van der Waals surface area contributed by atoms with Crippen LogP contribution in [0.1, 0.15) is 34.6 Å². The van der Waals surface area contributed by atoms with Gasteiger partial charge >= 0.3 is 5.97 Å². The van der Waals surface area contributed by atoms with E-state index >= 15 is 0 Å². The fourth-order valence-electron chi connectivity index (χ4n) is 1.50. The largest absolute Gasteiger partial charge is 0.463 e. The molecule has 0 aromatic heterocycles. The van der Waals surface area contributed by atoms with Crippen LogP contribution in [0.3, 0.4) is 0 Å². The lowest BCUT2D eigenvalue weighted by Gasteiger charge is -2.08. The van der Waals surface area contributed by atoms with E-state index in [1.165, 1.54) is 0 Å². The topological polar surface area (TPSA) is 26.3 Å². The normalized spacial score (nSPS) is 14.5. The molecule has 0 N–H and O–H groups in total. The van der Waals surface area contributed by atoms with E-state index in [4.69, 9.17) is 4.74 Å². The first-order chi connectivity index (χ1) is 9.06. The number of carbonyl (C=O) groups is 1. The Hall–Kier alpha value is -1.83. The zero-order valence-electron chi connectivity index (χ0n) is 12.6. The van der Waals surface area contributed by atoms with Crippen molar-refractivity contribution in [2.45, 2.75) is 34.6 Å². The van der Waals surface area contributed by atoms with Crippen molar-refractivity contribution >= 4 is 5.97 Å². The number of hydrogen-bond acceptors (Lipinski definition) is 2. The first-order valence-electron chi connectivity index (χ1n) is 6.55. The Bertz CT molecular complexity index is 402.